The van der Waals surface area contributed by atoms with Crippen molar-refractivity contribution in [3.8, 4) is 5.75 Å². The summed E-state index contributed by atoms with van der Waals surface area (Å²) in [5.74, 6) is 0.709. The van der Waals surface area contributed by atoms with Gasteiger partial charge in [0, 0.05) is 17.7 Å². The smallest absolute Gasteiger partial charge is 0.165 e. The number of methoxy groups -OCH3 is 1. The van der Waals surface area contributed by atoms with Crippen molar-refractivity contribution in [2.24, 2.45) is 0 Å². The SMILES string of the molecule is COc1ccc(N)c(C(=O)CCc2ccsc2)c1. The largest absolute Gasteiger partial charge is 0.497 e. The zero-order valence-corrected chi connectivity index (χ0v) is 11.0. The van der Waals surface area contributed by atoms with Crippen LogP contribution in [0.5, 0.6) is 5.75 Å². The summed E-state index contributed by atoms with van der Waals surface area (Å²) in [6.45, 7) is 0. The molecule has 2 rings (SSSR count). The summed E-state index contributed by atoms with van der Waals surface area (Å²) >= 11 is 1.64. The molecular formula is C14H15NO2S. The van der Waals surface area contributed by atoms with E-state index in [0.29, 0.717) is 23.4 Å². The lowest BCUT2D eigenvalue weighted by atomic mass is 10.0. The first-order chi connectivity index (χ1) is 8.70. The highest BCUT2D eigenvalue weighted by molar-refractivity contribution is 7.07. The number of thiophene rings is 1. The first-order valence-corrected chi connectivity index (χ1v) is 6.63. The molecule has 0 amide bonds. The van der Waals surface area contributed by atoms with E-state index in [0.717, 1.165) is 6.42 Å². The highest BCUT2D eigenvalue weighted by Gasteiger charge is 2.11. The zero-order valence-electron chi connectivity index (χ0n) is 10.2. The molecular weight excluding hydrogens is 246 g/mol. The molecule has 1 heterocycles. The Bertz CT molecular complexity index is 535. The molecule has 0 radical (unpaired) electrons. The van der Waals surface area contributed by atoms with Gasteiger partial charge in [0.05, 0.1) is 7.11 Å². The third-order valence-electron chi connectivity index (χ3n) is 2.78. The van der Waals surface area contributed by atoms with Gasteiger partial charge >= 0.3 is 0 Å². The Labute approximate surface area is 110 Å². The van der Waals surface area contributed by atoms with Gasteiger partial charge < -0.3 is 10.5 Å². The Morgan fingerprint density at radius 3 is 2.89 bits per heavy atom. The number of hydrogen-bond donors (Lipinski definition) is 1. The summed E-state index contributed by atoms with van der Waals surface area (Å²) < 4.78 is 5.10. The number of anilines is 1. The summed E-state index contributed by atoms with van der Waals surface area (Å²) in [6.07, 6.45) is 1.22. The highest BCUT2D eigenvalue weighted by Crippen LogP contribution is 2.21. The van der Waals surface area contributed by atoms with Gasteiger partial charge in [-0.3, -0.25) is 4.79 Å². The Hall–Kier alpha value is -1.81. The van der Waals surface area contributed by atoms with Gasteiger partial charge in [-0.05, 0) is 47.0 Å². The fraction of sp³-hybridized carbons (Fsp3) is 0.214. The molecule has 0 aliphatic heterocycles. The molecule has 1 aromatic carbocycles. The summed E-state index contributed by atoms with van der Waals surface area (Å²) in [4.78, 5) is 12.1. The molecule has 0 saturated carbocycles. The minimum Gasteiger partial charge on any atom is -0.497 e. The monoisotopic (exact) mass is 261 g/mol. The van der Waals surface area contributed by atoms with Crippen LogP contribution in [0.15, 0.2) is 35.0 Å². The van der Waals surface area contributed by atoms with Crippen molar-refractivity contribution in [2.45, 2.75) is 12.8 Å². The molecule has 0 bridgehead atoms. The molecule has 2 N–H and O–H groups in total. The molecule has 2 aromatic rings. The number of hydrogen-bond acceptors (Lipinski definition) is 4. The number of carbonyl (C=O) groups is 1. The number of ketones is 1. The minimum absolute atomic E-state index is 0.0533. The molecule has 1 aromatic heterocycles. The van der Waals surface area contributed by atoms with Gasteiger partial charge in [-0.2, -0.15) is 11.3 Å². The van der Waals surface area contributed by atoms with Crippen LogP contribution < -0.4 is 10.5 Å². The van der Waals surface area contributed by atoms with Gasteiger partial charge in [0.15, 0.2) is 5.78 Å². The summed E-state index contributed by atoms with van der Waals surface area (Å²) in [7, 11) is 1.57. The van der Waals surface area contributed by atoms with Gasteiger partial charge in [0.1, 0.15) is 5.75 Å². The topological polar surface area (TPSA) is 52.3 Å². The van der Waals surface area contributed by atoms with Crippen LogP contribution >= 0.6 is 11.3 Å². The first kappa shape index (κ1) is 12.6. The van der Waals surface area contributed by atoms with E-state index in [1.54, 1.807) is 36.6 Å². The Kier molecular flexibility index (Phi) is 3.99. The van der Waals surface area contributed by atoms with E-state index in [1.165, 1.54) is 5.56 Å². The second-order valence-corrected chi connectivity index (χ2v) is 4.79. The number of ether oxygens (including phenoxy) is 1. The molecule has 0 spiro atoms. The van der Waals surface area contributed by atoms with Gasteiger partial charge in [-0.1, -0.05) is 0 Å². The van der Waals surface area contributed by atoms with Crippen molar-refractivity contribution in [1.29, 1.82) is 0 Å². The lowest BCUT2D eigenvalue weighted by molar-refractivity contribution is 0.0983. The molecule has 0 unspecified atom stereocenters. The van der Waals surface area contributed by atoms with Crippen LogP contribution in [0.1, 0.15) is 22.3 Å². The molecule has 94 valence electrons. The maximum absolute atomic E-state index is 12.1. The van der Waals surface area contributed by atoms with Crippen LogP contribution in [0.2, 0.25) is 0 Å². The Balaban J connectivity index is 2.08. The predicted molar refractivity (Wildman–Crippen MR) is 74.4 cm³/mol. The van der Waals surface area contributed by atoms with Gasteiger partial charge in [-0.15, -0.1) is 0 Å². The van der Waals surface area contributed by atoms with E-state index in [-0.39, 0.29) is 5.78 Å². The van der Waals surface area contributed by atoms with E-state index in [9.17, 15) is 4.79 Å². The lowest BCUT2D eigenvalue weighted by Crippen LogP contribution is -2.05. The molecule has 18 heavy (non-hydrogen) atoms. The molecule has 4 heteroatoms. The standard InChI is InChI=1S/C14H15NO2S/c1-17-11-3-4-13(15)12(8-11)14(16)5-2-10-6-7-18-9-10/h3-4,6-9H,2,5,15H2,1H3. The molecule has 3 nitrogen and oxygen atoms in total. The number of rotatable bonds is 5. The lowest BCUT2D eigenvalue weighted by Gasteiger charge is -2.07. The maximum atomic E-state index is 12.1. The quantitative estimate of drug-likeness (QED) is 0.664. The third-order valence-corrected chi connectivity index (χ3v) is 3.51. The van der Waals surface area contributed by atoms with Gasteiger partial charge in [0.2, 0.25) is 0 Å². The third kappa shape index (κ3) is 2.90. The van der Waals surface area contributed by atoms with Crippen molar-refractivity contribution in [2.75, 3.05) is 12.8 Å². The highest BCUT2D eigenvalue weighted by atomic mass is 32.1. The van der Waals surface area contributed by atoms with Crippen molar-refractivity contribution in [3.05, 3.63) is 46.2 Å². The number of carbonyl (C=O) groups excluding carboxylic acids is 1. The Morgan fingerprint density at radius 1 is 1.39 bits per heavy atom. The van der Waals surface area contributed by atoms with E-state index in [4.69, 9.17) is 10.5 Å². The second kappa shape index (κ2) is 5.69. The fourth-order valence-electron chi connectivity index (χ4n) is 1.73. The van der Waals surface area contributed by atoms with Crippen LogP contribution in [0.25, 0.3) is 0 Å². The van der Waals surface area contributed by atoms with Crippen LogP contribution in [-0.4, -0.2) is 12.9 Å². The number of Topliss-reactive ketones (excluding diaryl/α,β-unsaturated/α-hetero) is 1. The molecule has 0 saturated heterocycles. The summed E-state index contributed by atoms with van der Waals surface area (Å²) in [5, 5.41) is 4.07. The van der Waals surface area contributed by atoms with Gasteiger partial charge in [-0.25, -0.2) is 0 Å². The normalized spacial score (nSPS) is 10.3. The average molecular weight is 261 g/mol. The maximum Gasteiger partial charge on any atom is 0.165 e. The summed E-state index contributed by atoms with van der Waals surface area (Å²) in [5.41, 5.74) is 8.06. The molecule has 0 atom stereocenters. The zero-order chi connectivity index (χ0) is 13.0. The van der Waals surface area contributed by atoms with Crippen LogP contribution in [-0.2, 0) is 6.42 Å². The van der Waals surface area contributed by atoms with Crippen LogP contribution in [0.4, 0.5) is 5.69 Å². The molecule has 0 aliphatic rings. The second-order valence-electron chi connectivity index (χ2n) is 4.01. The number of nitrogen functional groups attached to an aromatic ring is 1. The van der Waals surface area contributed by atoms with Crippen molar-refractivity contribution >= 4 is 22.8 Å². The van der Waals surface area contributed by atoms with Gasteiger partial charge in [0.25, 0.3) is 0 Å². The van der Waals surface area contributed by atoms with E-state index in [2.05, 4.69) is 5.38 Å². The molecule has 0 fully saturated rings. The Morgan fingerprint density at radius 2 is 2.22 bits per heavy atom. The van der Waals surface area contributed by atoms with E-state index in [1.807, 2.05) is 11.4 Å². The number of aryl methyl sites for hydroxylation is 1. The van der Waals surface area contributed by atoms with E-state index >= 15 is 0 Å². The van der Waals surface area contributed by atoms with Crippen LogP contribution in [0, 0.1) is 0 Å². The van der Waals surface area contributed by atoms with E-state index < -0.39 is 0 Å². The predicted octanol–water partition coefficient (Wildman–Crippen LogP) is 3.15. The van der Waals surface area contributed by atoms with Crippen molar-refractivity contribution in [1.82, 2.24) is 0 Å². The first-order valence-electron chi connectivity index (χ1n) is 5.68. The number of benzene rings is 1. The number of nitrogens with two attached hydrogens (primary N) is 1. The van der Waals surface area contributed by atoms with Crippen molar-refractivity contribution in [3.63, 3.8) is 0 Å². The molecule has 0 aliphatic carbocycles. The average Bonchev–Trinajstić information content (AvgIpc) is 2.89. The fourth-order valence-corrected chi connectivity index (χ4v) is 2.43. The van der Waals surface area contributed by atoms with Crippen LogP contribution in [0.3, 0.4) is 0 Å². The minimum atomic E-state index is 0.0533. The summed E-state index contributed by atoms with van der Waals surface area (Å²) in [6, 6.07) is 7.19. The van der Waals surface area contributed by atoms with Crippen molar-refractivity contribution < 1.29 is 9.53 Å².